The summed E-state index contributed by atoms with van der Waals surface area (Å²) in [6, 6.07) is 0. The molecule has 6 nitrogen and oxygen atoms in total. The first-order valence-corrected chi connectivity index (χ1v) is 7.11. The molecule has 0 aromatic carbocycles. The van der Waals surface area contributed by atoms with E-state index in [1.165, 1.54) is 0 Å². The number of ether oxygens (including phenoxy) is 4. The molecule has 0 aliphatic rings. The summed E-state index contributed by atoms with van der Waals surface area (Å²) >= 11 is 0. The minimum atomic E-state index is -0.699. The van der Waals surface area contributed by atoms with E-state index in [2.05, 4.69) is 5.32 Å². The van der Waals surface area contributed by atoms with Gasteiger partial charge < -0.3 is 24.3 Å². The van der Waals surface area contributed by atoms with E-state index in [0.29, 0.717) is 46.1 Å². The lowest BCUT2D eigenvalue weighted by molar-refractivity contribution is -0.151. The highest BCUT2D eigenvalue weighted by atomic mass is 16.5. The van der Waals surface area contributed by atoms with E-state index < -0.39 is 5.54 Å². The molecule has 1 atom stereocenters. The summed E-state index contributed by atoms with van der Waals surface area (Å²) in [6.45, 7) is 6.94. The van der Waals surface area contributed by atoms with Crippen LogP contribution in [0.4, 0.5) is 0 Å². The van der Waals surface area contributed by atoms with E-state index in [4.69, 9.17) is 18.9 Å². The monoisotopic (exact) mass is 291 g/mol. The zero-order valence-corrected chi connectivity index (χ0v) is 13.2. The molecule has 0 rings (SSSR count). The molecular weight excluding hydrogens is 262 g/mol. The molecule has 0 aliphatic heterocycles. The number of hydrogen-bond acceptors (Lipinski definition) is 6. The van der Waals surface area contributed by atoms with E-state index in [1.807, 2.05) is 6.92 Å². The summed E-state index contributed by atoms with van der Waals surface area (Å²) in [6.07, 6.45) is 1.45. The SMILES string of the molecule is CCOC(=O)C(C)(CCOCCOCCCOC)NC. The fraction of sp³-hybridized carbons (Fsp3) is 0.929. The van der Waals surface area contributed by atoms with Crippen LogP contribution in [0, 0.1) is 0 Å². The number of hydrogen-bond donors (Lipinski definition) is 1. The van der Waals surface area contributed by atoms with Crippen LogP contribution in [0.3, 0.4) is 0 Å². The van der Waals surface area contributed by atoms with Gasteiger partial charge in [-0.25, -0.2) is 0 Å². The Kier molecular flexibility index (Phi) is 11.7. The second-order valence-electron chi connectivity index (χ2n) is 4.62. The molecule has 0 spiro atoms. The second-order valence-corrected chi connectivity index (χ2v) is 4.62. The molecule has 6 heteroatoms. The summed E-state index contributed by atoms with van der Waals surface area (Å²) in [5.41, 5.74) is -0.699. The summed E-state index contributed by atoms with van der Waals surface area (Å²) in [4.78, 5) is 11.8. The maximum atomic E-state index is 11.8. The molecule has 0 aliphatic carbocycles. The number of esters is 1. The van der Waals surface area contributed by atoms with Gasteiger partial charge in [-0.1, -0.05) is 0 Å². The van der Waals surface area contributed by atoms with Gasteiger partial charge in [-0.15, -0.1) is 0 Å². The maximum Gasteiger partial charge on any atom is 0.326 e. The normalized spacial score (nSPS) is 14.0. The van der Waals surface area contributed by atoms with Crippen LogP contribution in [0.2, 0.25) is 0 Å². The van der Waals surface area contributed by atoms with E-state index in [-0.39, 0.29) is 5.97 Å². The first-order chi connectivity index (χ1) is 9.60. The molecule has 0 amide bonds. The molecule has 0 aromatic heterocycles. The molecule has 120 valence electrons. The van der Waals surface area contributed by atoms with E-state index in [9.17, 15) is 4.79 Å². The van der Waals surface area contributed by atoms with Crippen molar-refractivity contribution in [2.75, 3.05) is 53.8 Å². The molecule has 0 bridgehead atoms. The topological polar surface area (TPSA) is 66.0 Å². The zero-order valence-electron chi connectivity index (χ0n) is 13.2. The smallest absolute Gasteiger partial charge is 0.326 e. The van der Waals surface area contributed by atoms with Crippen molar-refractivity contribution in [2.45, 2.75) is 32.2 Å². The van der Waals surface area contributed by atoms with E-state index >= 15 is 0 Å². The Morgan fingerprint density at radius 2 is 1.75 bits per heavy atom. The Morgan fingerprint density at radius 1 is 1.10 bits per heavy atom. The van der Waals surface area contributed by atoms with Crippen LogP contribution in [0.1, 0.15) is 26.7 Å². The lowest BCUT2D eigenvalue weighted by Crippen LogP contribution is -2.49. The van der Waals surface area contributed by atoms with Crippen molar-refractivity contribution in [2.24, 2.45) is 0 Å². The van der Waals surface area contributed by atoms with Crippen LogP contribution in [-0.2, 0) is 23.7 Å². The fourth-order valence-electron chi connectivity index (χ4n) is 1.52. The van der Waals surface area contributed by atoms with Gasteiger partial charge in [0.2, 0.25) is 0 Å². The van der Waals surface area contributed by atoms with Gasteiger partial charge >= 0.3 is 5.97 Å². The fourth-order valence-corrected chi connectivity index (χ4v) is 1.52. The number of rotatable bonds is 13. The Morgan fingerprint density at radius 3 is 2.30 bits per heavy atom. The molecule has 0 heterocycles. The largest absolute Gasteiger partial charge is 0.465 e. The first-order valence-electron chi connectivity index (χ1n) is 7.11. The van der Waals surface area contributed by atoms with Crippen molar-refractivity contribution < 1.29 is 23.7 Å². The minimum absolute atomic E-state index is 0.248. The number of carbonyl (C=O) groups excluding carboxylic acids is 1. The lowest BCUT2D eigenvalue weighted by atomic mass is 9.99. The van der Waals surface area contributed by atoms with Crippen molar-refractivity contribution in [1.29, 1.82) is 0 Å². The Bertz CT molecular complexity index is 250. The average molecular weight is 291 g/mol. The van der Waals surface area contributed by atoms with E-state index in [1.54, 1.807) is 21.1 Å². The van der Waals surface area contributed by atoms with Crippen molar-refractivity contribution in [3.63, 3.8) is 0 Å². The molecule has 0 radical (unpaired) electrons. The summed E-state index contributed by atoms with van der Waals surface area (Å²) < 4.78 is 20.8. The quantitative estimate of drug-likeness (QED) is 0.403. The number of likely N-dealkylation sites (N-methyl/N-ethyl adjacent to an activating group) is 1. The van der Waals surface area contributed by atoms with Gasteiger partial charge in [0.1, 0.15) is 5.54 Å². The summed E-state index contributed by atoms with van der Waals surface area (Å²) in [7, 11) is 3.42. The van der Waals surface area contributed by atoms with Crippen LogP contribution in [0.5, 0.6) is 0 Å². The number of carbonyl (C=O) groups is 1. The van der Waals surface area contributed by atoms with Gasteiger partial charge in [-0.2, -0.15) is 0 Å². The highest BCUT2D eigenvalue weighted by Gasteiger charge is 2.32. The number of nitrogens with one attached hydrogen (secondary N) is 1. The van der Waals surface area contributed by atoms with Crippen LogP contribution >= 0.6 is 0 Å². The lowest BCUT2D eigenvalue weighted by Gasteiger charge is -2.26. The Balaban J connectivity index is 3.63. The van der Waals surface area contributed by atoms with Crippen molar-refractivity contribution in [3.8, 4) is 0 Å². The first kappa shape index (κ1) is 19.3. The zero-order chi connectivity index (χ0) is 15.3. The Labute approximate surface area is 122 Å². The molecule has 0 saturated carbocycles. The molecule has 20 heavy (non-hydrogen) atoms. The summed E-state index contributed by atoms with van der Waals surface area (Å²) in [5, 5.41) is 2.99. The van der Waals surface area contributed by atoms with Crippen molar-refractivity contribution in [3.05, 3.63) is 0 Å². The van der Waals surface area contributed by atoms with Gasteiger partial charge in [0, 0.05) is 26.9 Å². The predicted molar refractivity (Wildman–Crippen MR) is 76.8 cm³/mol. The van der Waals surface area contributed by atoms with Crippen molar-refractivity contribution in [1.82, 2.24) is 5.32 Å². The molecule has 0 aromatic rings. The standard InChI is InChI=1S/C14H29NO5/c1-5-20-13(16)14(2,15-3)7-10-19-12-11-18-9-6-8-17-4/h15H,5-12H2,1-4H3. The van der Waals surface area contributed by atoms with Gasteiger partial charge in [-0.3, -0.25) is 4.79 Å². The van der Waals surface area contributed by atoms with Gasteiger partial charge in [0.15, 0.2) is 0 Å². The van der Waals surface area contributed by atoms with Crippen molar-refractivity contribution >= 4 is 5.97 Å². The molecule has 1 N–H and O–H groups in total. The second kappa shape index (κ2) is 12.1. The third-order valence-electron chi connectivity index (χ3n) is 3.03. The van der Waals surface area contributed by atoms with Gasteiger partial charge in [-0.05, 0) is 33.7 Å². The minimum Gasteiger partial charge on any atom is -0.465 e. The third-order valence-corrected chi connectivity index (χ3v) is 3.03. The predicted octanol–water partition coefficient (Wildman–Crippen LogP) is 0.987. The van der Waals surface area contributed by atoms with Crippen LogP contribution < -0.4 is 5.32 Å². The third kappa shape index (κ3) is 8.47. The average Bonchev–Trinajstić information content (AvgIpc) is 2.45. The van der Waals surface area contributed by atoms with Crippen LogP contribution in [0.15, 0.2) is 0 Å². The molecular formula is C14H29NO5. The molecule has 0 fully saturated rings. The van der Waals surface area contributed by atoms with Gasteiger partial charge in [0.05, 0.1) is 19.8 Å². The maximum absolute atomic E-state index is 11.8. The van der Waals surface area contributed by atoms with Gasteiger partial charge in [0.25, 0.3) is 0 Å². The Hall–Kier alpha value is -0.690. The van der Waals surface area contributed by atoms with Crippen LogP contribution in [-0.4, -0.2) is 65.3 Å². The highest BCUT2D eigenvalue weighted by molar-refractivity contribution is 5.80. The van der Waals surface area contributed by atoms with E-state index in [0.717, 1.165) is 6.42 Å². The highest BCUT2D eigenvalue weighted by Crippen LogP contribution is 2.11. The molecule has 1 unspecified atom stereocenters. The molecule has 0 saturated heterocycles. The number of methoxy groups -OCH3 is 1. The van der Waals surface area contributed by atoms with Crippen LogP contribution in [0.25, 0.3) is 0 Å². The summed E-state index contributed by atoms with van der Waals surface area (Å²) in [5.74, 6) is -0.248.